The lowest BCUT2D eigenvalue weighted by molar-refractivity contribution is 0.0684. The molecule has 6 heteroatoms. The fourth-order valence-corrected chi connectivity index (χ4v) is 2.55. The molecule has 3 rings (SSSR count). The number of phenols is 1. The Morgan fingerprint density at radius 2 is 1.37 bits per heavy atom. The highest BCUT2D eigenvalue weighted by atomic mass is 16.5. The van der Waals surface area contributed by atoms with Crippen LogP contribution in [0.25, 0.3) is 11.1 Å². The quantitative estimate of drug-likeness (QED) is 0.610. The van der Waals surface area contributed by atoms with Gasteiger partial charge in [0.05, 0.1) is 5.56 Å². The summed E-state index contributed by atoms with van der Waals surface area (Å²) < 4.78 is 5.58. The van der Waals surface area contributed by atoms with Crippen molar-refractivity contribution in [3.63, 3.8) is 0 Å². The van der Waals surface area contributed by atoms with Gasteiger partial charge in [0.15, 0.2) is 0 Å². The van der Waals surface area contributed by atoms with Gasteiger partial charge in [0, 0.05) is 6.07 Å². The van der Waals surface area contributed by atoms with E-state index < -0.39 is 11.9 Å². The number of aromatic hydroxyl groups is 1. The van der Waals surface area contributed by atoms with Gasteiger partial charge in [0.25, 0.3) is 0 Å². The van der Waals surface area contributed by atoms with Crippen molar-refractivity contribution in [2.45, 2.75) is 6.61 Å². The molecule has 3 aromatic rings. The van der Waals surface area contributed by atoms with Crippen LogP contribution in [0, 0.1) is 0 Å². The fourth-order valence-electron chi connectivity index (χ4n) is 2.55. The highest BCUT2D eigenvalue weighted by Gasteiger charge is 2.10. The third-order valence-electron chi connectivity index (χ3n) is 4.02. The van der Waals surface area contributed by atoms with Crippen LogP contribution in [-0.4, -0.2) is 27.3 Å². The zero-order chi connectivity index (χ0) is 19.4. The Kier molecular flexibility index (Phi) is 5.08. The third kappa shape index (κ3) is 4.24. The molecule has 0 aliphatic rings. The minimum Gasteiger partial charge on any atom is -0.507 e. The number of benzene rings is 3. The maximum atomic E-state index is 10.9. The highest BCUT2D eigenvalue weighted by Crippen LogP contribution is 2.25. The minimum atomic E-state index is -1.20. The van der Waals surface area contributed by atoms with Crippen molar-refractivity contribution in [2.24, 2.45) is 0 Å². The number of carbonyl (C=O) groups is 2. The Labute approximate surface area is 154 Å². The minimum absolute atomic E-state index is 0.180. The van der Waals surface area contributed by atoms with E-state index in [1.54, 1.807) is 24.3 Å². The van der Waals surface area contributed by atoms with Crippen molar-refractivity contribution in [1.29, 1.82) is 0 Å². The molecule has 0 saturated heterocycles. The maximum Gasteiger partial charge on any atom is 0.339 e. The Hall–Kier alpha value is -3.80. The van der Waals surface area contributed by atoms with Crippen molar-refractivity contribution in [3.8, 4) is 22.6 Å². The molecule has 0 radical (unpaired) electrons. The zero-order valence-electron chi connectivity index (χ0n) is 14.1. The smallest absolute Gasteiger partial charge is 0.339 e. The number of rotatable bonds is 6. The first-order valence-electron chi connectivity index (χ1n) is 8.06. The number of hydrogen-bond donors (Lipinski definition) is 3. The van der Waals surface area contributed by atoms with E-state index in [9.17, 15) is 14.7 Å². The largest absolute Gasteiger partial charge is 0.507 e. The molecule has 136 valence electrons. The van der Waals surface area contributed by atoms with E-state index in [1.807, 2.05) is 24.3 Å². The summed E-state index contributed by atoms with van der Waals surface area (Å²) >= 11 is 0. The molecule has 3 aromatic carbocycles. The van der Waals surface area contributed by atoms with Crippen LogP contribution in [0.4, 0.5) is 0 Å². The summed E-state index contributed by atoms with van der Waals surface area (Å²) in [7, 11) is 0. The Bertz CT molecular complexity index is 975. The van der Waals surface area contributed by atoms with Crippen LogP contribution in [0.2, 0.25) is 0 Å². The van der Waals surface area contributed by atoms with Gasteiger partial charge < -0.3 is 20.1 Å². The normalized spacial score (nSPS) is 10.4. The molecule has 0 aliphatic carbocycles. The molecule has 0 amide bonds. The predicted molar refractivity (Wildman–Crippen MR) is 98.2 cm³/mol. The summed E-state index contributed by atoms with van der Waals surface area (Å²) in [5, 5.41) is 27.5. The number of hydrogen-bond acceptors (Lipinski definition) is 4. The van der Waals surface area contributed by atoms with E-state index in [-0.39, 0.29) is 23.5 Å². The molecule has 0 spiro atoms. The summed E-state index contributed by atoms with van der Waals surface area (Å²) in [5.41, 5.74) is 2.80. The van der Waals surface area contributed by atoms with Crippen LogP contribution in [0.3, 0.4) is 0 Å². The van der Waals surface area contributed by atoms with E-state index in [1.165, 1.54) is 18.2 Å². The lowest BCUT2D eigenvalue weighted by Crippen LogP contribution is -1.99. The summed E-state index contributed by atoms with van der Waals surface area (Å²) in [6.45, 7) is 0.254. The molecule has 3 N–H and O–H groups in total. The van der Waals surface area contributed by atoms with Gasteiger partial charge in [-0.2, -0.15) is 0 Å². The molecule has 0 unspecified atom stereocenters. The lowest BCUT2D eigenvalue weighted by Gasteiger charge is -2.09. The van der Waals surface area contributed by atoms with E-state index in [4.69, 9.17) is 14.9 Å². The standard InChI is InChI=1S/C21H16O6/c22-19-11-17(9-10-18(19)21(25)26)27-12-13-1-3-14(4-2-13)15-5-7-16(8-6-15)20(23)24/h1-11,22H,12H2,(H,23,24)(H,25,26). The highest BCUT2D eigenvalue weighted by molar-refractivity contribution is 5.91. The molecule has 0 aromatic heterocycles. The first kappa shape index (κ1) is 18.0. The van der Waals surface area contributed by atoms with Crippen LogP contribution in [0.5, 0.6) is 11.5 Å². The van der Waals surface area contributed by atoms with Crippen molar-refractivity contribution in [2.75, 3.05) is 0 Å². The van der Waals surface area contributed by atoms with Gasteiger partial charge in [-0.25, -0.2) is 9.59 Å². The molecular weight excluding hydrogens is 348 g/mol. The number of carboxylic acids is 2. The molecule has 0 heterocycles. The monoisotopic (exact) mass is 364 g/mol. The van der Waals surface area contributed by atoms with Gasteiger partial charge in [0.1, 0.15) is 23.7 Å². The molecule has 0 aliphatic heterocycles. The molecule has 0 fully saturated rings. The van der Waals surface area contributed by atoms with Crippen LogP contribution < -0.4 is 4.74 Å². The Morgan fingerprint density at radius 3 is 1.89 bits per heavy atom. The predicted octanol–water partition coefficient (Wildman–Crippen LogP) is 4.03. The van der Waals surface area contributed by atoms with Crippen LogP contribution in [0.15, 0.2) is 66.7 Å². The van der Waals surface area contributed by atoms with Gasteiger partial charge in [-0.1, -0.05) is 36.4 Å². The average Bonchev–Trinajstić information content (AvgIpc) is 2.66. The van der Waals surface area contributed by atoms with Crippen LogP contribution >= 0.6 is 0 Å². The van der Waals surface area contributed by atoms with Crippen LogP contribution in [0.1, 0.15) is 26.3 Å². The third-order valence-corrected chi connectivity index (χ3v) is 4.02. The molecule has 27 heavy (non-hydrogen) atoms. The second kappa shape index (κ2) is 7.61. The average molecular weight is 364 g/mol. The second-order valence-electron chi connectivity index (χ2n) is 5.85. The van der Waals surface area contributed by atoms with Gasteiger partial charge >= 0.3 is 11.9 Å². The van der Waals surface area contributed by atoms with Gasteiger partial charge in [-0.3, -0.25) is 0 Å². The number of carboxylic acid groups (broad SMARTS) is 2. The number of ether oxygens (including phenoxy) is 1. The SMILES string of the molecule is O=C(O)c1ccc(-c2ccc(COc3ccc(C(=O)O)c(O)c3)cc2)cc1. The summed E-state index contributed by atoms with van der Waals surface area (Å²) in [5.74, 6) is -2.14. The van der Waals surface area contributed by atoms with Crippen molar-refractivity contribution in [3.05, 3.63) is 83.4 Å². The molecule has 0 bridgehead atoms. The van der Waals surface area contributed by atoms with Gasteiger partial charge in [0.2, 0.25) is 0 Å². The molecular formula is C21H16O6. The summed E-state index contributed by atoms with van der Waals surface area (Å²) in [4.78, 5) is 21.8. The van der Waals surface area contributed by atoms with E-state index in [0.29, 0.717) is 5.75 Å². The lowest BCUT2D eigenvalue weighted by atomic mass is 10.0. The van der Waals surface area contributed by atoms with Gasteiger partial charge in [-0.05, 0) is 41.0 Å². The van der Waals surface area contributed by atoms with Crippen molar-refractivity contribution >= 4 is 11.9 Å². The van der Waals surface area contributed by atoms with Crippen molar-refractivity contribution in [1.82, 2.24) is 0 Å². The van der Waals surface area contributed by atoms with Gasteiger partial charge in [-0.15, -0.1) is 0 Å². The second-order valence-corrected chi connectivity index (χ2v) is 5.85. The van der Waals surface area contributed by atoms with E-state index >= 15 is 0 Å². The number of aromatic carboxylic acids is 2. The van der Waals surface area contributed by atoms with E-state index in [0.717, 1.165) is 16.7 Å². The molecule has 0 saturated carbocycles. The molecule has 6 nitrogen and oxygen atoms in total. The summed E-state index contributed by atoms with van der Waals surface area (Å²) in [6.07, 6.45) is 0. The zero-order valence-corrected chi connectivity index (χ0v) is 14.1. The Balaban J connectivity index is 1.66. The van der Waals surface area contributed by atoms with E-state index in [2.05, 4.69) is 0 Å². The van der Waals surface area contributed by atoms with Crippen molar-refractivity contribution < 1.29 is 29.6 Å². The Morgan fingerprint density at radius 1 is 0.778 bits per heavy atom. The van der Waals surface area contributed by atoms with Crippen LogP contribution in [-0.2, 0) is 6.61 Å². The first-order chi connectivity index (χ1) is 12.9. The molecule has 0 atom stereocenters. The maximum absolute atomic E-state index is 10.9. The fraction of sp³-hybridized carbons (Fsp3) is 0.0476. The first-order valence-corrected chi connectivity index (χ1v) is 8.06. The summed E-state index contributed by atoms with van der Waals surface area (Å²) in [6, 6.07) is 18.2. The topological polar surface area (TPSA) is 104 Å².